The van der Waals surface area contributed by atoms with E-state index < -0.39 is 5.82 Å². The first-order valence-electron chi connectivity index (χ1n) is 3.27. The van der Waals surface area contributed by atoms with Crippen LogP contribution >= 0.6 is 11.6 Å². The molecule has 1 rings (SSSR count). The smallest absolute Gasteiger partial charge is 0.176 e. The third-order valence-corrected chi connectivity index (χ3v) is 1.68. The zero-order valence-electron chi connectivity index (χ0n) is 6.66. The van der Waals surface area contributed by atoms with Gasteiger partial charge < -0.3 is 4.74 Å². The number of ether oxygens (including phenoxy) is 1. The Morgan fingerprint density at radius 3 is 2.85 bits per heavy atom. The van der Waals surface area contributed by atoms with Crippen molar-refractivity contribution in [2.45, 2.75) is 0 Å². The summed E-state index contributed by atoms with van der Waals surface area (Å²) in [5, 5.41) is 3.26. The minimum Gasteiger partial charge on any atom is -0.492 e. The van der Waals surface area contributed by atoms with Crippen molar-refractivity contribution in [1.29, 1.82) is 0 Å². The third kappa shape index (κ3) is 1.83. The van der Waals surface area contributed by atoms with Crippen molar-refractivity contribution in [3.05, 3.63) is 33.4 Å². The Morgan fingerprint density at radius 1 is 1.62 bits per heavy atom. The van der Waals surface area contributed by atoms with Crippen molar-refractivity contribution >= 4 is 17.3 Å². The summed E-state index contributed by atoms with van der Waals surface area (Å²) in [4.78, 5) is 2.46. The summed E-state index contributed by atoms with van der Waals surface area (Å²) in [7, 11) is 1.28. The van der Waals surface area contributed by atoms with Gasteiger partial charge in [-0.15, -0.1) is 0 Å². The zero-order valence-corrected chi connectivity index (χ0v) is 7.42. The average molecular weight is 202 g/mol. The van der Waals surface area contributed by atoms with Crippen molar-refractivity contribution in [2.24, 2.45) is 5.11 Å². The quantitative estimate of drug-likeness (QED) is 0.411. The van der Waals surface area contributed by atoms with Crippen molar-refractivity contribution < 1.29 is 9.13 Å². The Kier molecular flexibility index (Phi) is 2.95. The van der Waals surface area contributed by atoms with Crippen LogP contribution in [0.4, 0.5) is 10.1 Å². The van der Waals surface area contributed by atoms with Crippen LogP contribution in [-0.2, 0) is 0 Å². The number of nitrogens with zero attached hydrogens (tertiary/aromatic N) is 3. The highest BCUT2D eigenvalue weighted by atomic mass is 35.5. The second-order valence-corrected chi connectivity index (χ2v) is 2.51. The number of benzene rings is 1. The van der Waals surface area contributed by atoms with Crippen LogP contribution < -0.4 is 4.74 Å². The predicted octanol–water partition coefficient (Wildman–Crippen LogP) is 3.43. The molecule has 0 aromatic heterocycles. The van der Waals surface area contributed by atoms with E-state index in [-0.39, 0.29) is 16.5 Å². The normalized spacial score (nSPS) is 9.15. The molecule has 0 atom stereocenters. The van der Waals surface area contributed by atoms with Crippen LogP contribution in [0, 0.1) is 5.82 Å². The van der Waals surface area contributed by atoms with Crippen LogP contribution in [0.25, 0.3) is 10.4 Å². The highest BCUT2D eigenvalue weighted by Gasteiger charge is 2.11. The fourth-order valence-electron chi connectivity index (χ4n) is 0.835. The van der Waals surface area contributed by atoms with E-state index >= 15 is 0 Å². The molecule has 1 aromatic rings. The molecule has 0 saturated heterocycles. The van der Waals surface area contributed by atoms with E-state index in [4.69, 9.17) is 17.1 Å². The van der Waals surface area contributed by atoms with Gasteiger partial charge in [-0.05, 0) is 17.7 Å². The molecular weight excluding hydrogens is 197 g/mol. The molecule has 0 fully saturated rings. The van der Waals surface area contributed by atoms with Crippen molar-refractivity contribution in [3.8, 4) is 5.75 Å². The molecule has 0 aliphatic rings. The molecule has 0 radical (unpaired) electrons. The lowest BCUT2D eigenvalue weighted by Crippen LogP contribution is -1.88. The SMILES string of the molecule is COc1c(Cl)ccc(N=[N+]=[N-])c1F. The number of hydrogen-bond acceptors (Lipinski definition) is 2. The molecule has 0 saturated carbocycles. The van der Waals surface area contributed by atoms with Gasteiger partial charge in [-0.3, -0.25) is 0 Å². The summed E-state index contributed by atoms with van der Waals surface area (Å²) in [6.45, 7) is 0. The maximum atomic E-state index is 13.2. The molecule has 4 nitrogen and oxygen atoms in total. The molecule has 6 heteroatoms. The first kappa shape index (κ1) is 9.64. The number of rotatable bonds is 2. The summed E-state index contributed by atoms with van der Waals surface area (Å²) in [5.74, 6) is -0.876. The molecule has 0 unspecified atom stereocenters. The van der Waals surface area contributed by atoms with Gasteiger partial charge in [-0.1, -0.05) is 16.7 Å². The highest BCUT2D eigenvalue weighted by molar-refractivity contribution is 6.32. The summed E-state index contributed by atoms with van der Waals surface area (Å²) in [6, 6.07) is 2.67. The summed E-state index contributed by atoms with van der Waals surface area (Å²) >= 11 is 5.60. The summed E-state index contributed by atoms with van der Waals surface area (Å²) < 4.78 is 17.9. The van der Waals surface area contributed by atoms with Crippen molar-refractivity contribution in [3.63, 3.8) is 0 Å². The summed E-state index contributed by atoms with van der Waals surface area (Å²) in [5.41, 5.74) is 7.96. The fourth-order valence-corrected chi connectivity index (χ4v) is 1.06. The van der Waals surface area contributed by atoms with Gasteiger partial charge in [0, 0.05) is 4.91 Å². The molecule has 68 valence electrons. The van der Waals surface area contributed by atoms with Crippen LogP contribution in [0.2, 0.25) is 5.02 Å². The van der Waals surface area contributed by atoms with Crippen LogP contribution in [-0.4, -0.2) is 7.11 Å². The van der Waals surface area contributed by atoms with Crippen LogP contribution in [0.5, 0.6) is 5.75 Å². The van der Waals surface area contributed by atoms with E-state index in [1.807, 2.05) is 0 Å². The van der Waals surface area contributed by atoms with E-state index in [1.165, 1.54) is 19.2 Å². The van der Waals surface area contributed by atoms with E-state index in [0.29, 0.717) is 0 Å². The Labute approximate surface area is 78.5 Å². The first-order valence-corrected chi connectivity index (χ1v) is 3.65. The number of methoxy groups -OCH3 is 1. The van der Waals surface area contributed by atoms with Crippen molar-refractivity contribution in [2.75, 3.05) is 7.11 Å². The fraction of sp³-hybridized carbons (Fsp3) is 0.143. The first-order chi connectivity index (χ1) is 6.20. The largest absolute Gasteiger partial charge is 0.492 e. The van der Waals surface area contributed by atoms with E-state index in [9.17, 15) is 4.39 Å². The predicted molar refractivity (Wildman–Crippen MR) is 46.8 cm³/mol. The Bertz CT molecular complexity index is 376. The minimum atomic E-state index is -0.757. The van der Waals surface area contributed by atoms with E-state index in [2.05, 4.69) is 14.8 Å². The van der Waals surface area contributed by atoms with Gasteiger partial charge >= 0.3 is 0 Å². The maximum absolute atomic E-state index is 13.2. The molecule has 0 spiro atoms. The van der Waals surface area contributed by atoms with Crippen LogP contribution in [0.3, 0.4) is 0 Å². The van der Waals surface area contributed by atoms with Gasteiger partial charge in [-0.2, -0.15) is 0 Å². The second kappa shape index (κ2) is 3.98. The molecule has 1 aromatic carbocycles. The molecular formula is C7H5ClFN3O. The van der Waals surface area contributed by atoms with Gasteiger partial charge in [0.15, 0.2) is 11.6 Å². The van der Waals surface area contributed by atoms with Gasteiger partial charge in [-0.25, -0.2) is 4.39 Å². The van der Waals surface area contributed by atoms with Crippen LogP contribution in [0.1, 0.15) is 0 Å². The second-order valence-electron chi connectivity index (χ2n) is 2.10. The molecule has 0 amide bonds. The minimum absolute atomic E-state index is 0.119. The Morgan fingerprint density at radius 2 is 2.31 bits per heavy atom. The number of hydrogen-bond donors (Lipinski definition) is 0. The topological polar surface area (TPSA) is 58.0 Å². The van der Waals surface area contributed by atoms with Gasteiger partial charge in [0.2, 0.25) is 0 Å². The Balaban J connectivity index is 3.35. The lowest BCUT2D eigenvalue weighted by atomic mass is 10.3. The van der Waals surface area contributed by atoms with Crippen molar-refractivity contribution in [1.82, 2.24) is 0 Å². The van der Waals surface area contributed by atoms with Gasteiger partial charge in [0.25, 0.3) is 0 Å². The zero-order chi connectivity index (χ0) is 9.84. The molecule has 0 aliphatic heterocycles. The van der Waals surface area contributed by atoms with Gasteiger partial charge in [0.05, 0.1) is 17.8 Å². The van der Waals surface area contributed by atoms with Crippen LogP contribution in [0.15, 0.2) is 17.2 Å². The molecule has 0 aliphatic carbocycles. The third-order valence-electron chi connectivity index (χ3n) is 1.39. The Hall–Kier alpha value is -1.45. The standard InChI is InChI=1S/C7H5ClFN3O/c1-13-7-4(8)2-3-5(6(7)9)11-12-10/h2-3H,1H3. The lowest BCUT2D eigenvalue weighted by molar-refractivity contribution is 0.387. The maximum Gasteiger partial charge on any atom is 0.176 e. The highest BCUT2D eigenvalue weighted by Crippen LogP contribution is 2.33. The molecule has 0 heterocycles. The molecule has 0 bridgehead atoms. The molecule has 0 N–H and O–H groups in total. The van der Waals surface area contributed by atoms with E-state index in [0.717, 1.165) is 0 Å². The van der Waals surface area contributed by atoms with Gasteiger partial charge in [0.1, 0.15) is 0 Å². The van der Waals surface area contributed by atoms with E-state index in [1.54, 1.807) is 0 Å². The number of azide groups is 1. The average Bonchev–Trinajstić information content (AvgIpc) is 2.11. The number of halogens is 2. The monoisotopic (exact) mass is 201 g/mol. The lowest BCUT2D eigenvalue weighted by Gasteiger charge is -2.04. The molecule has 13 heavy (non-hydrogen) atoms. The summed E-state index contributed by atoms with van der Waals surface area (Å²) in [6.07, 6.45) is 0.